The number of nitrogens with two attached hydrogens (primary N) is 1. The van der Waals surface area contributed by atoms with Gasteiger partial charge in [-0.1, -0.05) is 42.5 Å². The van der Waals surface area contributed by atoms with Crippen LogP contribution in [0.1, 0.15) is 11.1 Å². The molecule has 106 valence electrons. The van der Waals surface area contributed by atoms with E-state index in [1.165, 1.54) is 11.6 Å². The van der Waals surface area contributed by atoms with Crippen LogP contribution in [0, 0.1) is 5.82 Å². The number of likely N-dealkylation sites (N-methyl/N-ethyl adjacent to an activating group) is 1. The summed E-state index contributed by atoms with van der Waals surface area (Å²) in [5, 5.41) is 0. The van der Waals surface area contributed by atoms with E-state index in [0.717, 1.165) is 12.0 Å². The molecule has 0 amide bonds. The Morgan fingerprint density at radius 1 is 1.05 bits per heavy atom. The molecule has 0 fully saturated rings. The molecule has 0 aliphatic carbocycles. The molecule has 1 atom stereocenters. The van der Waals surface area contributed by atoms with E-state index in [1.54, 1.807) is 12.1 Å². The zero-order chi connectivity index (χ0) is 14.4. The van der Waals surface area contributed by atoms with Crippen molar-refractivity contribution in [1.29, 1.82) is 0 Å². The molecule has 0 aromatic heterocycles. The Morgan fingerprint density at radius 2 is 1.75 bits per heavy atom. The first-order valence-electron chi connectivity index (χ1n) is 6.87. The highest BCUT2D eigenvalue weighted by atomic mass is 19.1. The van der Waals surface area contributed by atoms with Crippen molar-refractivity contribution >= 4 is 0 Å². The lowest BCUT2D eigenvalue weighted by Gasteiger charge is -2.27. The minimum absolute atomic E-state index is 0.191. The molecule has 0 saturated carbocycles. The first kappa shape index (κ1) is 14.7. The molecule has 20 heavy (non-hydrogen) atoms. The van der Waals surface area contributed by atoms with Crippen LogP contribution in [0.3, 0.4) is 0 Å². The van der Waals surface area contributed by atoms with Crippen molar-refractivity contribution in [3.05, 3.63) is 71.5 Å². The molecule has 2 aromatic carbocycles. The normalized spacial score (nSPS) is 12.6. The second-order valence-corrected chi connectivity index (χ2v) is 5.12. The minimum Gasteiger partial charge on any atom is -0.329 e. The van der Waals surface area contributed by atoms with Gasteiger partial charge < -0.3 is 5.73 Å². The number of hydrogen-bond donors (Lipinski definition) is 1. The third-order valence-corrected chi connectivity index (χ3v) is 3.53. The van der Waals surface area contributed by atoms with Gasteiger partial charge in [0.2, 0.25) is 0 Å². The molecule has 1 unspecified atom stereocenters. The molecule has 2 aromatic rings. The fourth-order valence-corrected chi connectivity index (χ4v) is 2.36. The Morgan fingerprint density at radius 3 is 2.40 bits per heavy atom. The molecule has 0 radical (unpaired) electrons. The monoisotopic (exact) mass is 272 g/mol. The van der Waals surface area contributed by atoms with E-state index < -0.39 is 0 Å². The molecular formula is C17H21FN2. The summed E-state index contributed by atoms with van der Waals surface area (Å²) in [5.74, 6) is -0.191. The Kier molecular flexibility index (Phi) is 5.27. The summed E-state index contributed by atoms with van der Waals surface area (Å²) >= 11 is 0. The van der Waals surface area contributed by atoms with Crippen LogP contribution in [0.25, 0.3) is 0 Å². The SMILES string of the molecule is CN(Cc1cccc(F)c1)C(CN)Cc1ccccc1. The van der Waals surface area contributed by atoms with Crippen LogP contribution in [0.2, 0.25) is 0 Å². The van der Waals surface area contributed by atoms with E-state index in [-0.39, 0.29) is 11.9 Å². The molecule has 0 heterocycles. The Bertz CT molecular complexity index is 528. The molecule has 2 rings (SSSR count). The molecule has 0 spiro atoms. The Labute approximate surface area is 120 Å². The maximum Gasteiger partial charge on any atom is 0.123 e. The van der Waals surface area contributed by atoms with Crippen LogP contribution in [0.5, 0.6) is 0 Å². The fraction of sp³-hybridized carbons (Fsp3) is 0.294. The van der Waals surface area contributed by atoms with Crippen LogP contribution in [-0.2, 0) is 13.0 Å². The molecule has 0 saturated heterocycles. The van der Waals surface area contributed by atoms with E-state index in [0.29, 0.717) is 13.1 Å². The third kappa shape index (κ3) is 4.15. The Balaban J connectivity index is 2.00. The highest BCUT2D eigenvalue weighted by molar-refractivity contribution is 5.18. The van der Waals surface area contributed by atoms with Crippen molar-refractivity contribution in [3.8, 4) is 0 Å². The summed E-state index contributed by atoms with van der Waals surface area (Å²) in [4.78, 5) is 2.18. The van der Waals surface area contributed by atoms with Crippen LogP contribution in [0.15, 0.2) is 54.6 Å². The van der Waals surface area contributed by atoms with Gasteiger partial charge in [0.1, 0.15) is 5.82 Å². The van der Waals surface area contributed by atoms with Crippen molar-refractivity contribution in [2.24, 2.45) is 5.73 Å². The number of nitrogens with zero attached hydrogens (tertiary/aromatic N) is 1. The Hall–Kier alpha value is -1.71. The second-order valence-electron chi connectivity index (χ2n) is 5.12. The summed E-state index contributed by atoms with van der Waals surface area (Å²) < 4.78 is 13.2. The standard InChI is InChI=1S/C17H21FN2/c1-20(13-15-8-5-9-16(18)10-15)17(12-19)11-14-6-3-2-4-7-14/h2-10,17H,11-13,19H2,1H3. The van der Waals surface area contributed by atoms with E-state index in [9.17, 15) is 4.39 Å². The van der Waals surface area contributed by atoms with Gasteiger partial charge in [-0.05, 0) is 36.7 Å². The highest BCUT2D eigenvalue weighted by Crippen LogP contribution is 2.11. The summed E-state index contributed by atoms with van der Waals surface area (Å²) in [6.45, 7) is 1.28. The van der Waals surface area contributed by atoms with Crippen LogP contribution in [0.4, 0.5) is 4.39 Å². The molecular weight excluding hydrogens is 251 g/mol. The number of hydrogen-bond acceptors (Lipinski definition) is 2. The average molecular weight is 272 g/mol. The van der Waals surface area contributed by atoms with E-state index >= 15 is 0 Å². The molecule has 0 aliphatic rings. The predicted octanol–water partition coefficient (Wildman–Crippen LogP) is 2.83. The van der Waals surface area contributed by atoms with Gasteiger partial charge in [-0.25, -0.2) is 4.39 Å². The van der Waals surface area contributed by atoms with Crippen molar-refractivity contribution < 1.29 is 4.39 Å². The second kappa shape index (κ2) is 7.17. The average Bonchev–Trinajstić information content (AvgIpc) is 2.45. The van der Waals surface area contributed by atoms with E-state index in [2.05, 4.69) is 17.0 Å². The summed E-state index contributed by atoms with van der Waals surface area (Å²) in [6, 6.07) is 17.3. The lowest BCUT2D eigenvalue weighted by molar-refractivity contribution is 0.237. The van der Waals surface area contributed by atoms with Gasteiger partial charge in [0.25, 0.3) is 0 Å². The topological polar surface area (TPSA) is 29.3 Å². The lowest BCUT2D eigenvalue weighted by atomic mass is 10.0. The van der Waals surface area contributed by atoms with Crippen molar-refractivity contribution in [3.63, 3.8) is 0 Å². The fourth-order valence-electron chi connectivity index (χ4n) is 2.36. The predicted molar refractivity (Wildman–Crippen MR) is 80.9 cm³/mol. The van der Waals surface area contributed by atoms with Gasteiger partial charge in [-0.3, -0.25) is 4.90 Å². The third-order valence-electron chi connectivity index (χ3n) is 3.53. The molecule has 0 aliphatic heterocycles. The zero-order valence-corrected chi connectivity index (χ0v) is 11.8. The number of rotatable bonds is 6. The first-order chi connectivity index (χ1) is 9.69. The van der Waals surface area contributed by atoms with Crippen molar-refractivity contribution in [2.75, 3.05) is 13.6 Å². The van der Waals surface area contributed by atoms with E-state index in [4.69, 9.17) is 5.73 Å². The van der Waals surface area contributed by atoms with Crippen molar-refractivity contribution in [1.82, 2.24) is 4.90 Å². The summed E-state index contributed by atoms with van der Waals surface area (Å²) in [5.41, 5.74) is 8.13. The van der Waals surface area contributed by atoms with Crippen molar-refractivity contribution in [2.45, 2.75) is 19.0 Å². The number of halogens is 1. The van der Waals surface area contributed by atoms with Gasteiger partial charge in [-0.2, -0.15) is 0 Å². The van der Waals surface area contributed by atoms with Crippen LogP contribution >= 0.6 is 0 Å². The largest absolute Gasteiger partial charge is 0.329 e. The number of benzene rings is 2. The van der Waals surface area contributed by atoms with Gasteiger partial charge in [0.05, 0.1) is 0 Å². The highest BCUT2D eigenvalue weighted by Gasteiger charge is 2.14. The van der Waals surface area contributed by atoms with Gasteiger partial charge in [0.15, 0.2) is 0 Å². The summed E-state index contributed by atoms with van der Waals surface area (Å²) in [7, 11) is 2.03. The molecule has 2 nitrogen and oxygen atoms in total. The molecule has 0 bridgehead atoms. The smallest absolute Gasteiger partial charge is 0.123 e. The van der Waals surface area contributed by atoms with Gasteiger partial charge >= 0.3 is 0 Å². The zero-order valence-electron chi connectivity index (χ0n) is 11.8. The van der Waals surface area contributed by atoms with Crippen LogP contribution in [-0.4, -0.2) is 24.5 Å². The summed E-state index contributed by atoms with van der Waals surface area (Å²) in [6.07, 6.45) is 0.906. The van der Waals surface area contributed by atoms with Crippen LogP contribution < -0.4 is 5.73 Å². The van der Waals surface area contributed by atoms with Gasteiger partial charge in [-0.15, -0.1) is 0 Å². The van der Waals surface area contributed by atoms with Gasteiger partial charge in [0, 0.05) is 19.1 Å². The first-order valence-corrected chi connectivity index (χ1v) is 6.87. The molecule has 3 heteroatoms. The minimum atomic E-state index is -0.191. The maximum atomic E-state index is 13.2. The quantitative estimate of drug-likeness (QED) is 0.876. The molecule has 2 N–H and O–H groups in total. The lowest BCUT2D eigenvalue weighted by Crippen LogP contribution is -2.39. The maximum absolute atomic E-state index is 13.2. The van der Waals surface area contributed by atoms with E-state index in [1.807, 2.05) is 31.3 Å².